The molecule has 2 heterocycles. The van der Waals surface area contributed by atoms with Crippen molar-refractivity contribution in [3.8, 4) is 0 Å². The predicted molar refractivity (Wildman–Crippen MR) is 66.6 cm³/mol. The van der Waals surface area contributed by atoms with Crippen molar-refractivity contribution in [2.24, 2.45) is 0 Å². The van der Waals surface area contributed by atoms with Crippen molar-refractivity contribution in [3.05, 3.63) is 35.6 Å². The Bertz CT molecular complexity index is 568. The Morgan fingerprint density at radius 1 is 1.53 bits per heavy atom. The molecule has 100 valence electrons. The van der Waals surface area contributed by atoms with Gasteiger partial charge in [0.15, 0.2) is 5.82 Å². The molecule has 0 aliphatic carbocycles. The fourth-order valence-corrected chi connectivity index (χ4v) is 1.49. The summed E-state index contributed by atoms with van der Waals surface area (Å²) >= 11 is 0. The number of ether oxygens (including phenoxy) is 1. The van der Waals surface area contributed by atoms with Crippen LogP contribution in [0.4, 0.5) is 5.82 Å². The zero-order valence-electron chi connectivity index (χ0n) is 10.7. The molecule has 0 saturated carbocycles. The summed E-state index contributed by atoms with van der Waals surface area (Å²) in [5.74, 6) is 0.998. The number of esters is 1. The van der Waals surface area contributed by atoms with Crippen LogP contribution in [0.2, 0.25) is 0 Å². The van der Waals surface area contributed by atoms with E-state index >= 15 is 0 Å². The van der Waals surface area contributed by atoms with Gasteiger partial charge in [-0.25, -0.2) is 9.78 Å². The molecule has 0 amide bonds. The number of aromatic nitrogens is 3. The molecule has 2 aromatic heterocycles. The molecule has 2 rings (SSSR count). The molecule has 0 bridgehead atoms. The number of hydrogen-bond acceptors (Lipinski definition) is 7. The summed E-state index contributed by atoms with van der Waals surface area (Å²) in [7, 11) is 0. The van der Waals surface area contributed by atoms with E-state index in [0.717, 1.165) is 0 Å². The van der Waals surface area contributed by atoms with E-state index in [0.29, 0.717) is 36.2 Å². The summed E-state index contributed by atoms with van der Waals surface area (Å²) in [5.41, 5.74) is 0.376. The Hall–Kier alpha value is -2.44. The van der Waals surface area contributed by atoms with Gasteiger partial charge in [0.05, 0.1) is 13.2 Å². The van der Waals surface area contributed by atoms with Crippen molar-refractivity contribution in [1.29, 1.82) is 0 Å². The quantitative estimate of drug-likeness (QED) is 0.817. The molecule has 0 aliphatic rings. The van der Waals surface area contributed by atoms with Gasteiger partial charge in [0, 0.05) is 6.20 Å². The van der Waals surface area contributed by atoms with E-state index in [2.05, 4.69) is 20.4 Å². The highest BCUT2D eigenvalue weighted by atomic mass is 16.5. The number of pyridine rings is 1. The third kappa shape index (κ3) is 3.27. The van der Waals surface area contributed by atoms with Crippen LogP contribution in [-0.4, -0.2) is 27.7 Å². The van der Waals surface area contributed by atoms with E-state index in [9.17, 15) is 4.79 Å². The van der Waals surface area contributed by atoms with Gasteiger partial charge in [0.25, 0.3) is 0 Å². The van der Waals surface area contributed by atoms with Gasteiger partial charge < -0.3 is 14.6 Å². The first-order valence-electron chi connectivity index (χ1n) is 5.86. The van der Waals surface area contributed by atoms with Crippen molar-refractivity contribution in [2.45, 2.75) is 20.4 Å². The van der Waals surface area contributed by atoms with E-state index in [-0.39, 0.29) is 0 Å². The molecule has 19 heavy (non-hydrogen) atoms. The van der Waals surface area contributed by atoms with Crippen LogP contribution in [-0.2, 0) is 11.3 Å². The van der Waals surface area contributed by atoms with Gasteiger partial charge in [0.1, 0.15) is 11.4 Å². The Balaban J connectivity index is 2.09. The molecular formula is C12H14N4O3. The molecule has 7 heteroatoms. The molecule has 0 fully saturated rings. The van der Waals surface area contributed by atoms with Crippen molar-refractivity contribution >= 4 is 11.8 Å². The Labute approximate surface area is 110 Å². The molecule has 0 aromatic carbocycles. The minimum atomic E-state index is -0.417. The molecule has 1 N–H and O–H groups in total. The molecule has 0 saturated heterocycles. The Morgan fingerprint density at radius 3 is 3.05 bits per heavy atom. The average Bonchev–Trinajstić information content (AvgIpc) is 2.83. The summed E-state index contributed by atoms with van der Waals surface area (Å²) in [4.78, 5) is 19.9. The number of carbonyl (C=O) groups is 1. The van der Waals surface area contributed by atoms with Crippen molar-refractivity contribution in [2.75, 3.05) is 11.9 Å². The zero-order valence-corrected chi connectivity index (χ0v) is 10.7. The lowest BCUT2D eigenvalue weighted by Crippen LogP contribution is -2.11. The summed E-state index contributed by atoms with van der Waals surface area (Å²) in [6, 6.07) is 3.32. The number of rotatable bonds is 5. The fraction of sp³-hybridized carbons (Fsp3) is 0.333. The first kappa shape index (κ1) is 13.0. The molecule has 0 unspecified atom stereocenters. The van der Waals surface area contributed by atoms with Crippen LogP contribution in [0.1, 0.15) is 29.0 Å². The maximum Gasteiger partial charge on any atom is 0.341 e. The van der Waals surface area contributed by atoms with Gasteiger partial charge in [-0.05, 0) is 26.0 Å². The van der Waals surface area contributed by atoms with Gasteiger partial charge in [-0.3, -0.25) is 0 Å². The van der Waals surface area contributed by atoms with Gasteiger partial charge in [-0.2, -0.15) is 4.98 Å². The van der Waals surface area contributed by atoms with Crippen molar-refractivity contribution in [3.63, 3.8) is 0 Å². The lowest BCUT2D eigenvalue weighted by Gasteiger charge is -2.08. The standard InChI is InChI=1S/C12H14N4O3/c1-3-18-12(17)9-5-4-6-13-11(9)14-7-10-15-8(2)16-19-10/h4-6H,3,7H2,1-2H3,(H,13,14). The van der Waals surface area contributed by atoms with Crippen LogP contribution >= 0.6 is 0 Å². The molecule has 7 nitrogen and oxygen atoms in total. The van der Waals surface area contributed by atoms with Crippen LogP contribution in [0.25, 0.3) is 0 Å². The fourth-order valence-electron chi connectivity index (χ4n) is 1.49. The minimum absolute atomic E-state index is 0.296. The smallest absolute Gasteiger partial charge is 0.341 e. The second-order valence-corrected chi connectivity index (χ2v) is 3.71. The summed E-state index contributed by atoms with van der Waals surface area (Å²) in [5, 5.41) is 6.65. The van der Waals surface area contributed by atoms with Gasteiger partial charge >= 0.3 is 5.97 Å². The number of anilines is 1. The first-order chi connectivity index (χ1) is 9.20. The second-order valence-electron chi connectivity index (χ2n) is 3.71. The molecular weight excluding hydrogens is 248 g/mol. The largest absolute Gasteiger partial charge is 0.462 e. The van der Waals surface area contributed by atoms with Gasteiger partial charge in [-0.15, -0.1) is 0 Å². The van der Waals surface area contributed by atoms with Crippen LogP contribution in [0.15, 0.2) is 22.9 Å². The van der Waals surface area contributed by atoms with E-state index in [1.165, 1.54) is 0 Å². The lowest BCUT2D eigenvalue weighted by molar-refractivity contribution is 0.0527. The summed E-state index contributed by atoms with van der Waals surface area (Å²) in [6.07, 6.45) is 1.59. The van der Waals surface area contributed by atoms with Crippen LogP contribution < -0.4 is 5.32 Å². The maximum atomic E-state index is 11.7. The normalized spacial score (nSPS) is 10.2. The molecule has 0 atom stereocenters. The van der Waals surface area contributed by atoms with Gasteiger partial charge in [0.2, 0.25) is 5.89 Å². The van der Waals surface area contributed by atoms with Crippen LogP contribution in [0.5, 0.6) is 0 Å². The highest BCUT2D eigenvalue weighted by molar-refractivity contribution is 5.94. The SMILES string of the molecule is CCOC(=O)c1cccnc1NCc1nc(C)no1. The van der Waals surface area contributed by atoms with E-state index in [1.54, 1.807) is 32.2 Å². The Morgan fingerprint density at radius 2 is 2.37 bits per heavy atom. The van der Waals surface area contributed by atoms with Gasteiger partial charge in [-0.1, -0.05) is 5.16 Å². The predicted octanol–water partition coefficient (Wildman–Crippen LogP) is 1.56. The van der Waals surface area contributed by atoms with Crippen molar-refractivity contribution < 1.29 is 14.1 Å². The highest BCUT2D eigenvalue weighted by Crippen LogP contribution is 2.13. The van der Waals surface area contributed by atoms with Crippen LogP contribution in [0, 0.1) is 6.92 Å². The third-order valence-electron chi connectivity index (χ3n) is 2.28. The zero-order chi connectivity index (χ0) is 13.7. The molecule has 0 spiro atoms. The number of nitrogens with one attached hydrogen (secondary N) is 1. The van der Waals surface area contributed by atoms with E-state index in [1.807, 2.05) is 0 Å². The first-order valence-corrected chi connectivity index (χ1v) is 5.86. The minimum Gasteiger partial charge on any atom is -0.462 e. The third-order valence-corrected chi connectivity index (χ3v) is 2.28. The monoisotopic (exact) mass is 262 g/mol. The molecule has 2 aromatic rings. The topological polar surface area (TPSA) is 90.1 Å². The summed E-state index contributed by atoms with van der Waals surface area (Å²) in [6.45, 7) is 4.10. The summed E-state index contributed by atoms with van der Waals surface area (Å²) < 4.78 is 9.92. The lowest BCUT2D eigenvalue weighted by atomic mass is 10.2. The molecule has 0 radical (unpaired) electrons. The number of carbonyl (C=O) groups excluding carboxylic acids is 1. The van der Waals surface area contributed by atoms with Crippen LogP contribution in [0.3, 0.4) is 0 Å². The van der Waals surface area contributed by atoms with E-state index in [4.69, 9.17) is 9.26 Å². The highest BCUT2D eigenvalue weighted by Gasteiger charge is 2.13. The maximum absolute atomic E-state index is 11.7. The average molecular weight is 262 g/mol. The Kier molecular flexibility index (Phi) is 4.07. The van der Waals surface area contributed by atoms with Crippen molar-refractivity contribution in [1.82, 2.24) is 15.1 Å². The van der Waals surface area contributed by atoms with E-state index < -0.39 is 5.97 Å². The molecule has 0 aliphatic heterocycles. The number of hydrogen-bond donors (Lipinski definition) is 1. The number of nitrogens with zero attached hydrogens (tertiary/aromatic N) is 3. The second kappa shape index (κ2) is 5.94. The number of aryl methyl sites for hydroxylation is 1.